The standard InChI is InChI=1S/C23H36N4OS/c1-5-11-26-20(17-9-7-6-8-10-17)24-25-21(26)29-14-19(28)27-16-23(4)13-18(27)12-22(2,3)15-23/h5,17-18H,1,6-16H2,2-4H3/t18-,23+/m1/s1. The van der Waals surface area contributed by atoms with Gasteiger partial charge in [0, 0.05) is 25.0 Å². The van der Waals surface area contributed by atoms with E-state index < -0.39 is 0 Å². The minimum atomic E-state index is 0.258. The van der Waals surface area contributed by atoms with Gasteiger partial charge in [-0.05, 0) is 42.9 Å². The van der Waals surface area contributed by atoms with Gasteiger partial charge in [-0.3, -0.25) is 4.79 Å². The Bertz CT molecular complexity index is 767. The van der Waals surface area contributed by atoms with E-state index in [4.69, 9.17) is 0 Å². The number of hydrogen-bond donors (Lipinski definition) is 0. The number of fused-ring (bicyclic) bond motifs is 2. The Hall–Kier alpha value is -1.30. The summed E-state index contributed by atoms with van der Waals surface area (Å²) in [6.45, 7) is 12.6. The van der Waals surface area contributed by atoms with Gasteiger partial charge in [-0.1, -0.05) is 57.9 Å². The van der Waals surface area contributed by atoms with E-state index >= 15 is 0 Å². The number of thioether (sulfide) groups is 1. The molecule has 0 unspecified atom stereocenters. The van der Waals surface area contributed by atoms with E-state index in [0.717, 1.165) is 30.4 Å². The number of allylic oxidation sites excluding steroid dienone is 1. The Morgan fingerprint density at radius 1 is 1.21 bits per heavy atom. The molecule has 160 valence electrons. The van der Waals surface area contributed by atoms with Gasteiger partial charge in [-0.15, -0.1) is 16.8 Å². The van der Waals surface area contributed by atoms with Crippen molar-refractivity contribution in [2.75, 3.05) is 12.3 Å². The Kier molecular flexibility index (Phi) is 5.84. The first-order chi connectivity index (χ1) is 13.8. The van der Waals surface area contributed by atoms with E-state index in [0.29, 0.717) is 29.7 Å². The lowest BCUT2D eigenvalue weighted by Crippen LogP contribution is -2.38. The highest BCUT2D eigenvalue weighted by Crippen LogP contribution is 2.52. The lowest BCUT2D eigenvalue weighted by Gasteiger charge is -2.39. The van der Waals surface area contributed by atoms with Crippen molar-refractivity contribution in [3.8, 4) is 0 Å². The van der Waals surface area contributed by atoms with E-state index in [-0.39, 0.29) is 11.3 Å². The van der Waals surface area contributed by atoms with Crippen LogP contribution in [0.4, 0.5) is 0 Å². The molecule has 0 spiro atoms. The summed E-state index contributed by atoms with van der Waals surface area (Å²) in [5, 5.41) is 9.87. The summed E-state index contributed by atoms with van der Waals surface area (Å²) >= 11 is 1.55. The maximum absolute atomic E-state index is 13.1. The summed E-state index contributed by atoms with van der Waals surface area (Å²) in [6.07, 6.45) is 11.7. The number of aromatic nitrogens is 3. The maximum Gasteiger partial charge on any atom is 0.233 e. The number of nitrogens with zero attached hydrogens (tertiary/aromatic N) is 4. The van der Waals surface area contributed by atoms with E-state index in [1.54, 1.807) is 11.8 Å². The SMILES string of the molecule is C=CCn1c(SCC(=O)N2C[C@@]3(C)C[C@H]2CC(C)(C)C3)nnc1C1CCCCC1. The number of carbonyl (C=O) groups excluding carboxylic acids is 1. The lowest BCUT2D eigenvalue weighted by molar-refractivity contribution is -0.129. The van der Waals surface area contributed by atoms with Gasteiger partial charge in [0.05, 0.1) is 5.75 Å². The predicted octanol–water partition coefficient (Wildman–Crippen LogP) is 5.03. The van der Waals surface area contributed by atoms with Crippen LogP contribution in [0, 0.1) is 10.8 Å². The Morgan fingerprint density at radius 3 is 2.69 bits per heavy atom. The second-order valence-electron chi connectivity index (χ2n) is 10.6. The number of likely N-dealkylation sites (tertiary alicyclic amines) is 1. The Balaban J connectivity index is 1.43. The molecule has 6 heteroatoms. The highest BCUT2D eigenvalue weighted by Gasteiger charge is 2.50. The van der Waals surface area contributed by atoms with Crippen LogP contribution in [0.1, 0.15) is 83.9 Å². The third-order valence-corrected chi connectivity index (χ3v) is 8.04. The molecule has 5 nitrogen and oxygen atoms in total. The van der Waals surface area contributed by atoms with Gasteiger partial charge < -0.3 is 9.47 Å². The molecular weight excluding hydrogens is 380 g/mol. The van der Waals surface area contributed by atoms with Crippen LogP contribution in [0.5, 0.6) is 0 Å². The normalized spacial score (nSPS) is 29.2. The zero-order valence-electron chi connectivity index (χ0n) is 18.3. The molecule has 0 N–H and O–H groups in total. The molecule has 1 aliphatic heterocycles. The Labute approximate surface area is 179 Å². The van der Waals surface area contributed by atoms with Crippen LogP contribution in [0.15, 0.2) is 17.8 Å². The van der Waals surface area contributed by atoms with Gasteiger partial charge in [0.1, 0.15) is 5.82 Å². The van der Waals surface area contributed by atoms with Crippen LogP contribution in [0.25, 0.3) is 0 Å². The fraction of sp³-hybridized carbons (Fsp3) is 0.783. The molecule has 2 saturated carbocycles. The van der Waals surface area contributed by atoms with Crippen molar-refractivity contribution >= 4 is 17.7 Å². The van der Waals surface area contributed by atoms with E-state index in [1.807, 2.05) is 6.08 Å². The van der Waals surface area contributed by atoms with Crippen molar-refractivity contribution in [1.29, 1.82) is 0 Å². The van der Waals surface area contributed by atoms with Crippen LogP contribution in [0.3, 0.4) is 0 Å². The van der Waals surface area contributed by atoms with E-state index in [2.05, 4.69) is 47.0 Å². The first-order valence-electron chi connectivity index (χ1n) is 11.3. The highest BCUT2D eigenvalue weighted by atomic mass is 32.2. The minimum Gasteiger partial charge on any atom is -0.338 e. The average molecular weight is 417 g/mol. The molecule has 0 aromatic carbocycles. The molecule has 2 heterocycles. The molecule has 2 atom stereocenters. The van der Waals surface area contributed by atoms with Crippen LogP contribution in [0.2, 0.25) is 0 Å². The zero-order chi connectivity index (χ0) is 20.6. The van der Waals surface area contributed by atoms with Gasteiger partial charge in [-0.2, -0.15) is 0 Å². The van der Waals surface area contributed by atoms with Crippen LogP contribution in [-0.2, 0) is 11.3 Å². The fourth-order valence-corrected chi connectivity index (χ4v) is 7.17. The largest absolute Gasteiger partial charge is 0.338 e. The second-order valence-corrected chi connectivity index (χ2v) is 11.5. The topological polar surface area (TPSA) is 51.0 Å². The maximum atomic E-state index is 13.1. The van der Waals surface area contributed by atoms with Crippen molar-refractivity contribution in [1.82, 2.24) is 19.7 Å². The van der Waals surface area contributed by atoms with Gasteiger partial charge in [0.25, 0.3) is 0 Å². The summed E-state index contributed by atoms with van der Waals surface area (Å²) in [5.41, 5.74) is 0.614. The molecule has 3 aliphatic rings. The first kappa shape index (κ1) is 21.0. The van der Waals surface area contributed by atoms with E-state index in [9.17, 15) is 4.79 Å². The number of carbonyl (C=O) groups is 1. The van der Waals surface area contributed by atoms with Crippen LogP contribution < -0.4 is 0 Å². The molecule has 2 aliphatic carbocycles. The summed E-state index contributed by atoms with van der Waals surface area (Å²) in [7, 11) is 0. The molecule has 29 heavy (non-hydrogen) atoms. The summed E-state index contributed by atoms with van der Waals surface area (Å²) in [6, 6.07) is 0.403. The average Bonchev–Trinajstić information content (AvgIpc) is 3.17. The lowest BCUT2D eigenvalue weighted by atomic mass is 9.65. The Morgan fingerprint density at radius 2 is 1.97 bits per heavy atom. The quantitative estimate of drug-likeness (QED) is 0.482. The van der Waals surface area contributed by atoms with Crippen LogP contribution >= 0.6 is 11.8 Å². The number of amides is 1. The zero-order valence-corrected chi connectivity index (χ0v) is 19.1. The number of hydrogen-bond acceptors (Lipinski definition) is 4. The molecule has 1 amide bonds. The number of rotatable bonds is 6. The molecule has 1 aromatic heterocycles. The second kappa shape index (κ2) is 8.09. The molecule has 4 rings (SSSR count). The molecular formula is C23H36N4OS. The molecule has 1 aromatic rings. The van der Waals surface area contributed by atoms with Gasteiger partial charge in [0.15, 0.2) is 5.16 Å². The molecule has 1 saturated heterocycles. The molecule has 0 radical (unpaired) electrons. The summed E-state index contributed by atoms with van der Waals surface area (Å²) in [4.78, 5) is 15.3. The van der Waals surface area contributed by atoms with Crippen molar-refractivity contribution < 1.29 is 4.79 Å². The van der Waals surface area contributed by atoms with E-state index in [1.165, 1.54) is 38.5 Å². The van der Waals surface area contributed by atoms with Crippen molar-refractivity contribution in [3.05, 3.63) is 18.5 Å². The van der Waals surface area contributed by atoms with Gasteiger partial charge >= 0.3 is 0 Å². The highest BCUT2D eigenvalue weighted by molar-refractivity contribution is 7.99. The van der Waals surface area contributed by atoms with Gasteiger partial charge in [-0.25, -0.2) is 0 Å². The summed E-state index contributed by atoms with van der Waals surface area (Å²) < 4.78 is 2.19. The van der Waals surface area contributed by atoms with Crippen LogP contribution in [-0.4, -0.2) is 43.9 Å². The molecule has 3 fully saturated rings. The van der Waals surface area contributed by atoms with Gasteiger partial charge in [0.2, 0.25) is 5.91 Å². The molecule has 2 bridgehead atoms. The third-order valence-electron chi connectivity index (χ3n) is 7.09. The predicted molar refractivity (Wildman–Crippen MR) is 118 cm³/mol. The fourth-order valence-electron chi connectivity index (χ4n) is 6.33. The smallest absolute Gasteiger partial charge is 0.233 e. The minimum absolute atomic E-state index is 0.258. The summed E-state index contributed by atoms with van der Waals surface area (Å²) in [5.74, 6) is 2.30. The van der Waals surface area contributed by atoms with Crippen molar-refractivity contribution in [2.24, 2.45) is 10.8 Å². The first-order valence-corrected chi connectivity index (χ1v) is 12.3. The third kappa shape index (κ3) is 4.42. The monoisotopic (exact) mass is 416 g/mol. The van der Waals surface area contributed by atoms with Crippen molar-refractivity contribution in [2.45, 2.75) is 95.8 Å². The van der Waals surface area contributed by atoms with Crippen molar-refractivity contribution in [3.63, 3.8) is 0 Å².